The smallest absolute Gasteiger partial charge is 0.221 e. The summed E-state index contributed by atoms with van der Waals surface area (Å²) in [6, 6.07) is 34.0. The van der Waals surface area contributed by atoms with E-state index in [1.54, 1.807) is 0 Å². The lowest BCUT2D eigenvalue weighted by molar-refractivity contribution is -0.890. The van der Waals surface area contributed by atoms with E-state index >= 15 is 0 Å². The fourth-order valence-electron chi connectivity index (χ4n) is 7.98. The van der Waals surface area contributed by atoms with Crippen molar-refractivity contribution in [3.05, 3.63) is 155 Å². The second-order valence-corrected chi connectivity index (χ2v) is 13.7. The lowest BCUT2D eigenvalue weighted by Crippen LogP contribution is -3.08. The molecule has 4 aromatic carbocycles. The lowest BCUT2D eigenvalue weighted by Gasteiger charge is -2.34. The van der Waals surface area contributed by atoms with Crippen LogP contribution in [-0.4, -0.2) is 31.3 Å². The molecule has 0 saturated heterocycles. The summed E-state index contributed by atoms with van der Waals surface area (Å²) in [5, 5.41) is 3.36. The van der Waals surface area contributed by atoms with Gasteiger partial charge in [-0.25, -0.2) is 9.97 Å². The number of para-hydroxylation sites is 3. The fraction of sp³-hybridized carbons (Fsp3) is 0.167. The molecule has 7 nitrogen and oxygen atoms in total. The van der Waals surface area contributed by atoms with Crippen LogP contribution < -0.4 is 5.01 Å². The van der Waals surface area contributed by atoms with Gasteiger partial charge in [-0.1, -0.05) is 110 Å². The van der Waals surface area contributed by atoms with Gasteiger partial charge < -0.3 is 4.99 Å². The van der Waals surface area contributed by atoms with Crippen LogP contribution in [0, 0.1) is 5.41 Å². The Morgan fingerprint density at radius 2 is 1.67 bits per heavy atom. The van der Waals surface area contributed by atoms with Crippen LogP contribution in [0.25, 0.3) is 55.9 Å². The van der Waals surface area contributed by atoms with Crippen LogP contribution in [0.15, 0.2) is 132 Å². The molecule has 3 aliphatic rings. The largest absolute Gasteiger partial charge is 0.403 e. The summed E-state index contributed by atoms with van der Waals surface area (Å²) >= 11 is 0. The number of nitrogens with one attached hydrogen (secondary N) is 1. The molecule has 238 valence electrons. The highest BCUT2D eigenvalue weighted by Gasteiger charge is 2.33. The standard InChI is InChI=1S/C42H35N7/c1-42(24-12-3-13-25-42)27-47-39(28-14-4-2-5-15-28)45-38(46-47)29-22-23-31-30-16-7-10-20-35(30)48(37(31)26-29)41-44-33-18-8-6-17-32(33)40-43-34-19-9-11-21-36(34)49(40)41/h2-9,11-19,21-24,26,39,47H,10,20,25,27H2,1H3. The van der Waals surface area contributed by atoms with Crippen molar-refractivity contribution in [3.8, 4) is 5.95 Å². The summed E-state index contributed by atoms with van der Waals surface area (Å²) in [5.41, 5.74) is 15.0. The Kier molecular flexibility index (Phi) is 6.26. The number of amidine groups is 1. The molecule has 0 radical (unpaired) electrons. The quantitative estimate of drug-likeness (QED) is 0.207. The van der Waals surface area contributed by atoms with Crippen molar-refractivity contribution in [1.82, 2.24) is 18.9 Å². The summed E-state index contributed by atoms with van der Waals surface area (Å²) < 4.78 is 4.62. The van der Waals surface area contributed by atoms with Crippen LogP contribution in [0.3, 0.4) is 0 Å². The number of imidazole rings is 1. The number of hydrogen-bond donors (Lipinski definition) is 1. The van der Waals surface area contributed by atoms with Crippen molar-refractivity contribution in [2.75, 3.05) is 6.54 Å². The molecule has 3 unspecified atom stereocenters. The minimum Gasteiger partial charge on any atom is -0.403 e. The maximum atomic E-state index is 5.38. The van der Waals surface area contributed by atoms with E-state index in [0.717, 1.165) is 81.3 Å². The van der Waals surface area contributed by atoms with Gasteiger partial charge in [0.05, 0.1) is 28.6 Å². The predicted octanol–water partition coefficient (Wildman–Crippen LogP) is 8.09. The zero-order valence-corrected chi connectivity index (χ0v) is 27.3. The maximum Gasteiger partial charge on any atom is 0.221 e. The Labute approximate surface area is 284 Å². The third-order valence-electron chi connectivity index (χ3n) is 10.4. The number of rotatable bonds is 5. The van der Waals surface area contributed by atoms with Crippen molar-refractivity contribution in [3.63, 3.8) is 0 Å². The van der Waals surface area contributed by atoms with Crippen LogP contribution in [0.2, 0.25) is 0 Å². The number of aromatic nitrogens is 4. The number of benzene rings is 4. The molecular weight excluding hydrogens is 603 g/mol. The number of hydrogen-bond acceptors (Lipinski definition) is 3. The first kappa shape index (κ1) is 28.2. The highest BCUT2D eigenvalue weighted by Crippen LogP contribution is 2.37. The molecule has 7 heteroatoms. The third-order valence-corrected chi connectivity index (χ3v) is 10.4. The van der Waals surface area contributed by atoms with Gasteiger partial charge in [0.1, 0.15) is 11.8 Å². The zero-order chi connectivity index (χ0) is 32.5. The van der Waals surface area contributed by atoms with Gasteiger partial charge in [-0.2, -0.15) is 0 Å². The minimum atomic E-state index is -0.106. The Bertz CT molecular complexity index is 2570. The molecule has 0 bridgehead atoms. The van der Waals surface area contributed by atoms with E-state index in [9.17, 15) is 0 Å². The lowest BCUT2D eigenvalue weighted by atomic mass is 9.83. The first-order valence-corrected chi connectivity index (χ1v) is 17.2. The summed E-state index contributed by atoms with van der Waals surface area (Å²) in [5.74, 6) is 1.64. The normalized spacial score (nSPS) is 21.5. The van der Waals surface area contributed by atoms with Gasteiger partial charge >= 0.3 is 0 Å². The average molecular weight is 638 g/mol. The molecule has 3 aromatic heterocycles. The second kappa shape index (κ2) is 10.9. The first-order valence-electron chi connectivity index (χ1n) is 17.2. The molecule has 1 aliphatic heterocycles. The average Bonchev–Trinajstić information content (AvgIpc) is 3.84. The van der Waals surface area contributed by atoms with E-state index in [1.807, 2.05) is 0 Å². The fourth-order valence-corrected chi connectivity index (χ4v) is 7.98. The summed E-state index contributed by atoms with van der Waals surface area (Å²) in [7, 11) is 0. The van der Waals surface area contributed by atoms with Crippen molar-refractivity contribution >= 4 is 50.4 Å². The van der Waals surface area contributed by atoms with E-state index in [2.05, 4.69) is 149 Å². The molecule has 3 atom stereocenters. The molecule has 0 fully saturated rings. The van der Waals surface area contributed by atoms with Gasteiger partial charge in [-0.3, -0.25) is 19.4 Å². The van der Waals surface area contributed by atoms with E-state index in [-0.39, 0.29) is 11.6 Å². The Morgan fingerprint density at radius 1 is 0.837 bits per heavy atom. The van der Waals surface area contributed by atoms with Gasteiger partial charge in [0.2, 0.25) is 5.95 Å². The van der Waals surface area contributed by atoms with E-state index < -0.39 is 0 Å². The zero-order valence-electron chi connectivity index (χ0n) is 27.3. The minimum absolute atomic E-state index is 0.0102. The maximum absolute atomic E-state index is 5.38. The molecule has 7 aromatic rings. The van der Waals surface area contributed by atoms with Crippen LogP contribution in [-0.2, 0) is 6.42 Å². The van der Waals surface area contributed by atoms with Crippen molar-refractivity contribution in [2.24, 2.45) is 10.4 Å². The van der Waals surface area contributed by atoms with Crippen LogP contribution in [0.5, 0.6) is 0 Å². The molecule has 4 heterocycles. The summed E-state index contributed by atoms with van der Waals surface area (Å²) in [4.78, 5) is 15.9. The molecule has 0 spiro atoms. The molecule has 10 rings (SSSR count). The molecule has 0 saturated carbocycles. The molecule has 1 N–H and O–H groups in total. The van der Waals surface area contributed by atoms with E-state index in [1.165, 1.54) is 22.2 Å². The monoisotopic (exact) mass is 637 g/mol. The number of nitrogens with zero attached hydrogens (tertiary/aromatic N) is 6. The van der Waals surface area contributed by atoms with Crippen LogP contribution in [0.4, 0.5) is 0 Å². The van der Waals surface area contributed by atoms with E-state index in [0.29, 0.717) is 0 Å². The molecular formula is C42H35N7. The van der Waals surface area contributed by atoms with Gasteiger partial charge in [0, 0.05) is 38.8 Å². The number of fused-ring (bicyclic) bond motifs is 8. The first-order chi connectivity index (χ1) is 24.1. The van der Waals surface area contributed by atoms with E-state index in [4.69, 9.17) is 20.4 Å². The Hall–Kier alpha value is -5.79. The van der Waals surface area contributed by atoms with Gasteiger partial charge in [-0.05, 0) is 55.2 Å². The Balaban J connectivity index is 1.17. The molecule has 2 aliphatic carbocycles. The SMILES string of the molecule is CC1(C[NH+]2[N-]C(c3ccc4c5c(n(-c6nc7ccccc7c7nc8ccccc8n67)c4c3)CCC=C5)=NC2c2ccccc2)C=CC=CC1. The van der Waals surface area contributed by atoms with Crippen molar-refractivity contribution < 1.29 is 5.01 Å². The summed E-state index contributed by atoms with van der Waals surface area (Å²) in [6.07, 6.45) is 16.3. The van der Waals surface area contributed by atoms with Crippen LogP contribution in [0.1, 0.15) is 48.3 Å². The van der Waals surface area contributed by atoms with Gasteiger partial charge in [0.15, 0.2) is 0 Å². The highest BCUT2D eigenvalue weighted by atomic mass is 15.6. The predicted molar refractivity (Wildman–Crippen MR) is 198 cm³/mol. The molecule has 0 amide bonds. The van der Waals surface area contributed by atoms with Gasteiger partial charge in [0.25, 0.3) is 0 Å². The topological polar surface area (TPSA) is 66.0 Å². The number of allylic oxidation sites excluding steroid dienone is 4. The van der Waals surface area contributed by atoms with Gasteiger partial charge in [-0.15, -0.1) is 0 Å². The van der Waals surface area contributed by atoms with Crippen molar-refractivity contribution in [1.29, 1.82) is 0 Å². The van der Waals surface area contributed by atoms with Crippen LogP contribution >= 0.6 is 0 Å². The number of quaternary nitrogens is 1. The highest BCUT2D eigenvalue weighted by molar-refractivity contribution is 6.10. The van der Waals surface area contributed by atoms with Crippen molar-refractivity contribution in [2.45, 2.75) is 32.4 Å². The summed E-state index contributed by atoms with van der Waals surface area (Å²) in [6.45, 7) is 3.18. The Morgan fingerprint density at radius 3 is 2.55 bits per heavy atom. The second-order valence-electron chi connectivity index (χ2n) is 13.7. The molecule has 49 heavy (non-hydrogen) atoms. The third kappa shape index (κ3) is 4.50. The number of aliphatic imine (C=N–C) groups is 1.